The molecule has 0 bridgehead atoms. The van der Waals surface area contributed by atoms with Crippen LogP contribution in [0.2, 0.25) is 0 Å². The van der Waals surface area contributed by atoms with Gasteiger partial charge in [0.15, 0.2) is 0 Å². The number of hydrogen-bond acceptors (Lipinski definition) is 0. The fourth-order valence-electron chi connectivity index (χ4n) is 2.48. The molecule has 0 nitrogen and oxygen atoms in total. The van der Waals surface area contributed by atoms with E-state index < -0.39 is 0 Å². The van der Waals surface area contributed by atoms with E-state index in [-0.39, 0.29) is 15.8 Å². The molecule has 0 amide bonds. The second-order valence-electron chi connectivity index (χ2n) is 8.15. The summed E-state index contributed by atoms with van der Waals surface area (Å²) in [5.74, 6) is 0. The third kappa shape index (κ3) is 3.72. The number of fused-ring (bicyclic) bond motifs is 1. The van der Waals surface area contributed by atoms with Gasteiger partial charge in [-0.3, -0.25) is 0 Å². The van der Waals surface area contributed by atoms with E-state index in [1.807, 2.05) is 0 Å². The molecule has 0 aliphatic rings. The maximum atomic E-state index is 2.48. The molecule has 22 heavy (non-hydrogen) atoms. The molecule has 2 heteroatoms. The van der Waals surface area contributed by atoms with Gasteiger partial charge in [-0.1, -0.05) is 81.7 Å². The van der Waals surface area contributed by atoms with Crippen LogP contribution in [0.3, 0.4) is 0 Å². The normalized spacial score (nSPS) is 15.8. The third-order valence-electron chi connectivity index (χ3n) is 4.58. The molecular weight excluding hydrogens is 302 g/mol. The second kappa shape index (κ2) is 6.22. The minimum atomic E-state index is -0.174. The highest BCUT2D eigenvalue weighted by Crippen LogP contribution is 2.50. The van der Waals surface area contributed by atoms with E-state index in [0.29, 0.717) is 10.3 Å². The van der Waals surface area contributed by atoms with Gasteiger partial charge in [-0.15, -0.1) is 0 Å². The molecule has 0 fully saturated rings. The van der Waals surface area contributed by atoms with Crippen LogP contribution in [0.4, 0.5) is 0 Å². The minimum Gasteiger partial charge on any atom is -0.0723 e. The molecule has 2 atom stereocenters. The lowest BCUT2D eigenvalue weighted by Gasteiger charge is -2.35. The quantitative estimate of drug-likeness (QED) is 0.600. The number of rotatable bonds is 2. The molecule has 0 N–H and O–H groups in total. The van der Waals surface area contributed by atoms with E-state index in [0.717, 1.165) is 0 Å². The molecule has 0 aliphatic carbocycles. The number of hydrogen-bond donors (Lipinski definition) is 0. The summed E-state index contributed by atoms with van der Waals surface area (Å²) in [5.41, 5.74) is 0. The average molecular weight is 332 g/mol. The molecule has 2 aromatic rings. The standard InChI is InChI=1S/C20H30P2/c1-19(2,3)21(7)17-13-15-11-9-10-12-16(15)14-18(17)22(8)20(4,5)6/h9-14H,1-8H3. The van der Waals surface area contributed by atoms with Crippen molar-refractivity contribution in [2.24, 2.45) is 0 Å². The van der Waals surface area contributed by atoms with Gasteiger partial charge < -0.3 is 0 Å². The molecule has 0 heterocycles. The first kappa shape index (κ1) is 17.9. The summed E-state index contributed by atoms with van der Waals surface area (Å²) in [6.07, 6.45) is 0. The van der Waals surface area contributed by atoms with Gasteiger partial charge in [-0.2, -0.15) is 0 Å². The zero-order chi connectivity index (χ0) is 16.7. The van der Waals surface area contributed by atoms with Crippen LogP contribution in [0.5, 0.6) is 0 Å². The molecular formula is C20H30P2. The van der Waals surface area contributed by atoms with E-state index in [9.17, 15) is 0 Å². The summed E-state index contributed by atoms with van der Waals surface area (Å²) in [5, 5.41) is 6.70. The van der Waals surface area contributed by atoms with Crippen molar-refractivity contribution in [3.05, 3.63) is 36.4 Å². The Morgan fingerprint density at radius 1 is 0.636 bits per heavy atom. The zero-order valence-corrected chi connectivity index (χ0v) is 17.1. The summed E-state index contributed by atoms with van der Waals surface area (Å²) < 4.78 is 0. The van der Waals surface area contributed by atoms with Crippen molar-refractivity contribution in [3.8, 4) is 0 Å². The maximum Gasteiger partial charge on any atom is -0.0141 e. The smallest absolute Gasteiger partial charge is 0.0141 e. The lowest BCUT2D eigenvalue weighted by molar-refractivity contribution is 0.789. The minimum absolute atomic E-state index is 0.174. The fourth-order valence-corrected chi connectivity index (χ4v) is 6.30. The first-order chi connectivity index (χ1) is 10.0. The molecule has 0 radical (unpaired) electrons. The van der Waals surface area contributed by atoms with Crippen LogP contribution in [0, 0.1) is 0 Å². The van der Waals surface area contributed by atoms with Crippen molar-refractivity contribution in [2.45, 2.75) is 51.9 Å². The van der Waals surface area contributed by atoms with Crippen LogP contribution in [0.25, 0.3) is 10.8 Å². The van der Waals surface area contributed by atoms with Crippen LogP contribution in [-0.2, 0) is 0 Å². The number of benzene rings is 2. The van der Waals surface area contributed by atoms with Crippen LogP contribution in [0.15, 0.2) is 36.4 Å². The molecule has 2 unspecified atom stereocenters. The van der Waals surface area contributed by atoms with Crippen LogP contribution < -0.4 is 10.6 Å². The van der Waals surface area contributed by atoms with E-state index in [4.69, 9.17) is 0 Å². The molecule has 2 aromatic carbocycles. The lowest BCUT2D eigenvalue weighted by atomic mass is 10.1. The molecule has 0 spiro atoms. The van der Waals surface area contributed by atoms with Crippen LogP contribution >= 0.6 is 15.8 Å². The lowest BCUT2D eigenvalue weighted by Crippen LogP contribution is -2.32. The predicted molar refractivity (Wildman–Crippen MR) is 108 cm³/mol. The fraction of sp³-hybridized carbons (Fsp3) is 0.500. The zero-order valence-electron chi connectivity index (χ0n) is 15.4. The maximum absolute atomic E-state index is 2.48. The van der Waals surface area contributed by atoms with E-state index in [1.165, 1.54) is 10.8 Å². The Balaban J connectivity index is 2.70. The summed E-state index contributed by atoms with van der Waals surface area (Å²) in [4.78, 5) is 0. The van der Waals surface area contributed by atoms with Gasteiger partial charge >= 0.3 is 0 Å². The van der Waals surface area contributed by atoms with E-state index in [1.54, 1.807) is 10.6 Å². The third-order valence-corrected chi connectivity index (χ3v) is 11.0. The van der Waals surface area contributed by atoms with Gasteiger partial charge in [0.2, 0.25) is 0 Å². The van der Waals surface area contributed by atoms with Crippen LogP contribution in [-0.4, -0.2) is 23.6 Å². The van der Waals surface area contributed by atoms with E-state index >= 15 is 0 Å². The van der Waals surface area contributed by atoms with Gasteiger partial charge in [0.1, 0.15) is 0 Å². The summed E-state index contributed by atoms with van der Waals surface area (Å²) >= 11 is 0. The highest BCUT2D eigenvalue weighted by molar-refractivity contribution is 7.72. The van der Waals surface area contributed by atoms with Crippen molar-refractivity contribution < 1.29 is 0 Å². The van der Waals surface area contributed by atoms with Crippen molar-refractivity contribution in [1.29, 1.82) is 0 Å². The average Bonchev–Trinajstić information content (AvgIpc) is 2.42. The van der Waals surface area contributed by atoms with Gasteiger partial charge in [-0.05, 0) is 57.2 Å². The summed E-state index contributed by atoms with van der Waals surface area (Å²) in [6.45, 7) is 19.2. The Kier molecular flexibility index (Phi) is 5.06. The predicted octanol–water partition coefficient (Wildman–Crippen LogP) is 5.91. The molecule has 0 saturated heterocycles. The van der Waals surface area contributed by atoms with Gasteiger partial charge in [0.05, 0.1) is 0 Å². The Morgan fingerprint density at radius 3 is 1.23 bits per heavy atom. The Hall–Kier alpha value is -0.440. The van der Waals surface area contributed by atoms with Crippen molar-refractivity contribution in [3.63, 3.8) is 0 Å². The first-order valence-electron chi connectivity index (χ1n) is 8.02. The van der Waals surface area contributed by atoms with Gasteiger partial charge in [0, 0.05) is 0 Å². The molecule has 120 valence electrons. The monoisotopic (exact) mass is 332 g/mol. The Morgan fingerprint density at radius 2 is 0.955 bits per heavy atom. The van der Waals surface area contributed by atoms with E-state index in [2.05, 4.69) is 91.3 Å². The molecule has 2 rings (SSSR count). The van der Waals surface area contributed by atoms with Crippen LogP contribution in [0.1, 0.15) is 41.5 Å². The summed E-state index contributed by atoms with van der Waals surface area (Å²) in [7, 11) is -0.348. The topological polar surface area (TPSA) is 0 Å². The largest absolute Gasteiger partial charge is 0.0723 e. The summed E-state index contributed by atoms with van der Waals surface area (Å²) in [6, 6.07) is 13.8. The van der Waals surface area contributed by atoms with Crippen molar-refractivity contribution >= 4 is 37.2 Å². The highest BCUT2D eigenvalue weighted by Gasteiger charge is 2.29. The SMILES string of the molecule is CP(c1cc2ccccc2cc1P(C)C(C)(C)C)C(C)(C)C. The second-order valence-corrected chi connectivity index (χ2v) is 14.0. The molecule has 0 aromatic heterocycles. The van der Waals surface area contributed by atoms with Gasteiger partial charge in [0.25, 0.3) is 0 Å². The Labute approximate surface area is 139 Å². The first-order valence-corrected chi connectivity index (χ1v) is 11.6. The molecule has 0 aliphatic heterocycles. The van der Waals surface area contributed by atoms with Crippen molar-refractivity contribution in [1.82, 2.24) is 0 Å². The molecule has 0 saturated carbocycles. The van der Waals surface area contributed by atoms with Crippen molar-refractivity contribution in [2.75, 3.05) is 13.3 Å². The highest BCUT2D eigenvalue weighted by atomic mass is 31.1. The van der Waals surface area contributed by atoms with Gasteiger partial charge in [-0.25, -0.2) is 0 Å². The Bertz CT molecular complexity index is 601.